The summed E-state index contributed by atoms with van der Waals surface area (Å²) in [6, 6.07) is 80.3. The number of benzene rings is 11. The van der Waals surface area contributed by atoms with Gasteiger partial charge in [0.2, 0.25) is 5.95 Å². The first-order valence-electron chi connectivity index (χ1n) is 31.1. The first kappa shape index (κ1) is 42.0. The molecule has 14 rings (SSSR count). The number of aromatic nitrogens is 3. The van der Waals surface area contributed by atoms with Gasteiger partial charge in [-0.2, -0.15) is 6.07 Å². The zero-order valence-electron chi connectivity index (χ0n) is 53.4. The zero-order chi connectivity index (χ0) is 61.7. The van der Waals surface area contributed by atoms with E-state index < -0.39 is 32.5 Å². The van der Waals surface area contributed by atoms with Crippen LogP contribution in [0, 0.1) is 18.8 Å². The van der Waals surface area contributed by atoms with E-state index in [1.807, 2.05) is 104 Å². The largest absolute Gasteiger partial charge is 0.509 e. The van der Waals surface area contributed by atoms with E-state index in [0.717, 1.165) is 47.8 Å². The Morgan fingerprint density at radius 3 is 1.68 bits per heavy atom. The summed E-state index contributed by atoms with van der Waals surface area (Å²) in [6.07, 6.45) is 0. The fourth-order valence-corrected chi connectivity index (χ4v) is 16.2. The van der Waals surface area contributed by atoms with Crippen LogP contribution in [0.15, 0.2) is 261 Å². The van der Waals surface area contributed by atoms with Gasteiger partial charge in [-0.05, 0) is 85.4 Å². The molecule has 0 fully saturated rings. The second kappa shape index (κ2) is 20.9. The van der Waals surface area contributed by atoms with E-state index in [0.29, 0.717) is 50.2 Å². The second-order valence-corrected chi connectivity index (χ2v) is 24.8. The van der Waals surface area contributed by atoms with Gasteiger partial charge in [0.05, 0.1) is 19.3 Å². The zero-order valence-corrected chi connectivity index (χ0v) is 47.7. The van der Waals surface area contributed by atoms with E-state index in [1.165, 1.54) is 4.57 Å². The molecule has 11 aromatic carbocycles. The maximum atomic E-state index is 10.2. The smallest absolute Gasteiger partial charge is 0.213 e. The Kier molecular flexibility index (Phi) is 10.8. The summed E-state index contributed by atoms with van der Waals surface area (Å²) in [4.78, 5) is 9.07. The third-order valence-corrected chi connectivity index (χ3v) is 19.9. The molecular formula is C73H56N5OPtSi-3. The summed E-state index contributed by atoms with van der Waals surface area (Å²) in [7, 11) is -3.39. The number of hydrogen-bond acceptors (Lipinski definition) is 4. The molecule has 1 aliphatic rings. The van der Waals surface area contributed by atoms with Gasteiger partial charge in [0, 0.05) is 77.4 Å². The van der Waals surface area contributed by atoms with Crippen LogP contribution >= 0.6 is 0 Å². The van der Waals surface area contributed by atoms with Gasteiger partial charge in [0.15, 0.2) is 8.07 Å². The molecule has 0 radical (unpaired) electrons. The standard InChI is InChI=1S/C73H56N5OSi.Pt/c1-73(2,3)53-44-63(51-26-10-5-11-27-51)71(64(45-53)52-28-12-6-13-29-52)77-50-76(68-40-24-25-41-69(68)77)54-46-56(48-60(47-54)80(57-30-14-7-15-31-57,58-32-16-8-17-33-58)59-34-18-9-19-35-59)79-55-42-43-62-61-36-20-22-38-66(61)78(70(62)49-55)72-74-65-37-21-23-39-67(65)75(72)4;/h5-45,47-48,50H,1-4H3;/q-3;/i4D3,20D,22D,36D,38D,44D,45D;. The van der Waals surface area contributed by atoms with Gasteiger partial charge in [0.25, 0.3) is 0 Å². The summed E-state index contributed by atoms with van der Waals surface area (Å²) in [5, 5.41) is 4.79. The molecule has 0 spiro atoms. The number of rotatable bonds is 11. The van der Waals surface area contributed by atoms with Crippen molar-refractivity contribution in [2.75, 3.05) is 9.80 Å². The molecule has 81 heavy (non-hydrogen) atoms. The summed E-state index contributed by atoms with van der Waals surface area (Å²) in [5.74, 6) is 0.383. The van der Waals surface area contributed by atoms with Crippen molar-refractivity contribution in [3.8, 4) is 39.7 Å². The van der Waals surface area contributed by atoms with E-state index in [4.69, 9.17) is 16.6 Å². The molecule has 0 aliphatic carbocycles. The first-order valence-corrected chi connectivity index (χ1v) is 28.6. The maximum Gasteiger partial charge on any atom is 0.213 e. The van der Waals surface area contributed by atoms with Crippen LogP contribution in [-0.4, -0.2) is 22.2 Å². The molecule has 0 saturated heterocycles. The molecule has 1 aliphatic heterocycles. The molecule has 8 heteroatoms. The van der Waals surface area contributed by atoms with Gasteiger partial charge >= 0.3 is 0 Å². The number of imidazole rings is 1. The van der Waals surface area contributed by atoms with Crippen LogP contribution in [-0.2, 0) is 33.5 Å². The van der Waals surface area contributed by atoms with Crippen molar-refractivity contribution >= 4 is 84.4 Å². The van der Waals surface area contributed by atoms with Gasteiger partial charge in [-0.3, -0.25) is 0 Å². The summed E-state index contributed by atoms with van der Waals surface area (Å²) in [5.41, 5.74) is 6.85. The minimum atomic E-state index is -3.39. The average Bonchev–Trinajstić information content (AvgIpc) is 1.45. The van der Waals surface area contributed by atoms with Crippen molar-refractivity contribution in [2.24, 2.45) is 6.98 Å². The number of anilines is 4. The van der Waals surface area contributed by atoms with Crippen LogP contribution in [0.3, 0.4) is 0 Å². The molecule has 0 atom stereocenters. The molecule has 2 aromatic heterocycles. The minimum absolute atomic E-state index is 0. The van der Waals surface area contributed by atoms with Crippen LogP contribution in [0.25, 0.3) is 61.0 Å². The molecule has 3 heterocycles. The number of hydrogen-bond donors (Lipinski definition) is 0. The van der Waals surface area contributed by atoms with Crippen molar-refractivity contribution in [3.63, 3.8) is 0 Å². The fourth-order valence-electron chi connectivity index (χ4n) is 11.4. The molecular weight excluding hydrogens is 1190 g/mol. The molecule has 0 N–H and O–H groups in total. The monoisotopic (exact) mass is 1250 g/mol. The molecule has 0 unspecified atom stereocenters. The van der Waals surface area contributed by atoms with Crippen LogP contribution in [0.4, 0.5) is 22.7 Å². The van der Waals surface area contributed by atoms with Gasteiger partial charge in [-0.1, -0.05) is 220 Å². The van der Waals surface area contributed by atoms with E-state index in [-0.39, 0.29) is 73.4 Å². The van der Waals surface area contributed by atoms with Gasteiger partial charge < -0.3 is 23.7 Å². The van der Waals surface area contributed by atoms with Gasteiger partial charge in [-0.25, -0.2) is 4.98 Å². The average molecular weight is 1250 g/mol. The van der Waals surface area contributed by atoms with Crippen molar-refractivity contribution in [3.05, 3.63) is 285 Å². The SMILES string of the molecule is [2H]c1c(-c2ccccc2)c(N2[CH-]N(c3[c-]c(Oc4[c-]c5c(cc4)c4c([2H])c([2H])c([2H])c([2H])c4n5-c4nc5ccccc5n4C([2H])([2H])[2H])cc([Si](c4ccccc4)(c4ccccc4)c4ccccc4)c3)c3ccccc32)c(-c2ccccc2)c([2H])c1C(C)(C)C.[Pt]. The Hall–Kier alpha value is -9.00. The van der Waals surface area contributed by atoms with Gasteiger partial charge in [0.1, 0.15) is 0 Å². The molecule has 0 bridgehead atoms. The Balaban J connectivity index is 0.00000743. The Labute approximate surface area is 501 Å². The number of nitrogens with zero attached hydrogens (tertiary/aromatic N) is 5. The summed E-state index contributed by atoms with van der Waals surface area (Å²) < 4.78 is 93.0. The van der Waals surface area contributed by atoms with Crippen LogP contribution < -0.4 is 35.3 Å². The Morgan fingerprint density at radius 1 is 0.543 bits per heavy atom. The number of fused-ring (bicyclic) bond motifs is 5. The van der Waals surface area contributed by atoms with E-state index in [2.05, 4.69) is 134 Å². The predicted molar refractivity (Wildman–Crippen MR) is 334 cm³/mol. The van der Waals surface area contributed by atoms with E-state index in [9.17, 15) is 5.48 Å². The maximum absolute atomic E-state index is 10.2. The predicted octanol–water partition coefficient (Wildman–Crippen LogP) is 15.5. The second-order valence-electron chi connectivity index (χ2n) is 21.0. The van der Waals surface area contributed by atoms with Crippen molar-refractivity contribution in [1.29, 1.82) is 0 Å². The third kappa shape index (κ3) is 8.89. The molecule has 0 saturated carbocycles. The quantitative estimate of drug-likeness (QED) is 0.0735. The Morgan fingerprint density at radius 2 is 1.09 bits per heavy atom. The molecule has 13 aromatic rings. The van der Waals surface area contributed by atoms with E-state index in [1.54, 1.807) is 36.4 Å². The molecule has 396 valence electrons. The number of para-hydroxylation sites is 5. The summed E-state index contributed by atoms with van der Waals surface area (Å²) in [6.45, 7) is 5.42. The molecule has 6 nitrogen and oxygen atoms in total. The number of ether oxygens (including phenoxy) is 1. The minimum Gasteiger partial charge on any atom is -0.509 e. The topological polar surface area (TPSA) is 38.5 Å². The summed E-state index contributed by atoms with van der Waals surface area (Å²) >= 11 is 0. The van der Waals surface area contributed by atoms with Crippen molar-refractivity contribution in [2.45, 2.75) is 26.2 Å². The third-order valence-electron chi connectivity index (χ3n) is 15.1. The Bertz CT molecular complexity index is 4750. The van der Waals surface area contributed by atoms with Crippen molar-refractivity contribution < 1.29 is 38.1 Å². The molecule has 0 amide bonds. The van der Waals surface area contributed by atoms with Crippen molar-refractivity contribution in [1.82, 2.24) is 14.1 Å². The van der Waals surface area contributed by atoms with Crippen LogP contribution in [0.5, 0.6) is 11.5 Å². The van der Waals surface area contributed by atoms with Crippen LogP contribution in [0.1, 0.15) is 38.7 Å². The normalized spacial score (nSPS) is 14.2. The fraction of sp³-hybridized carbons (Fsp3) is 0.0685. The van der Waals surface area contributed by atoms with E-state index >= 15 is 0 Å². The van der Waals surface area contributed by atoms with Crippen LogP contribution in [0.2, 0.25) is 0 Å². The number of aryl methyl sites for hydroxylation is 1. The first-order chi connectivity index (χ1) is 42.9. The van der Waals surface area contributed by atoms with Gasteiger partial charge in [-0.15, -0.1) is 53.3 Å².